The van der Waals surface area contributed by atoms with Crippen LogP contribution in [0, 0.1) is 10.1 Å². The number of aromatic nitrogens is 1. The van der Waals surface area contributed by atoms with Gasteiger partial charge in [-0.2, -0.15) is 4.99 Å². The molecule has 9 heteroatoms. The van der Waals surface area contributed by atoms with Gasteiger partial charge in [0.25, 0.3) is 0 Å². The Balaban J connectivity index is 2.14. The number of aliphatic imine (C=N–C) groups is 1. The van der Waals surface area contributed by atoms with Crippen LogP contribution in [0.2, 0.25) is 0 Å². The van der Waals surface area contributed by atoms with Crippen molar-refractivity contribution in [2.24, 2.45) is 4.99 Å². The number of hydrogen-bond donors (Lipinski definition) is 1. The first-order chi connectivity index (χ1) is 8.20. The summed E-state index contributed by atoms with van der Waals surface area (Å²) in [5, 5.41) is 20.5. The van der Waals surface area contributed by atoms with Crippen LogP contribution in [0.25, 0.3) is 0 Å². The number of nitrogens with zero attached hydrogens (tertiary/aromatic N) is 4. The zero-order valence-corrected chi connectivity index (χ0v) is 10.4. The maximum absolute atomic E-state index is 10.5. The number of hydrogen-bond acceptors (Lipinski definition) is 7. The van der Waals surface area contributed by atoms with Crippen LogP contribution in [0.3, 0.4) is 0 Å². The minimum Gasteiger partial charge on any atom is -0.395 e. The lowest BCUT2D eigenvalue weighted by molar-refractivity contribution is -0.380. The fourth-order valence-corrected chi connectivity index (χ4v) is 3.01. The van der Waals surface area contributed by atoms with Gasteiger partial charge in [0.05, 0.1) is 11.5 Å². The van der Waals surface area contributed by atoms with Gasteiger partial charge in [0.15, 0.2) is 5.17 Å². The number of aliphatic hydroxyl groups is 1. The first-order valence-corrected chi connectivity index (χ1v) is 6.68. The zero-order valence-electron chi connectivity index (χ0n) is 8.77. The second-order valence-corrected chi connectivity index (χ2v) is 5.24. The monoisotopic (exact) mass is 274 g/mol. The molecule has 0 atom stereocenters. The molecule has 0 aliphatic carbocycles. The van der Waals surface area contributed by atoms with Gasteiger partial charge in [0.1, 0.15) is 6.20 Å². The molecular weight excluding hydrogens is 264 g/mol. The van der Waals surface area contributed by atoms with E-state index in [1.165, 1.54) is 6.20 Å². The standard InChI is InChI=1S/C8H10N4O3S2/c13-3-1-11-2-4-16-8(11)10-7-9-5-6(17-7)12(14)15/h5,13H,1-4H2/b10-8+. The van der Waals surface area contributed by atoms with Gasteiger partial charge in [-0.3, -0.25) is 10.1 Å². The van der Waals surface area contributed by atoms with Crippen molar-refractivity contribution >= 4 is 38.4 Å². The molecule has 0 amide bonds. The summed E-state index contributed by atoms with van der Waals surface area (Å²) in [5.74, 6) is 0.909. The Morgan fingerprint density at radius 3 is 3.18 bits per heavy atom. The summed E-state index contributed by atoms with van der Waals surface area (Å²) in [7, 11) is 0. The van der Waals surface area contributed by atoms with Gasteiger partial charge in [-0.1, -0.05) is 11.8 Å². The maximum atomic E-state index is 10.5. The van der Waals surface area contributed by atoms with Crippen LogP contribution in [0.1, 0.15) is 0 Å². The zero-order chi connectivity index (χ0) is 12.3. The summed E-state index contributed by atoms with van der Waals surface area (Å²) in [4.78, 5) is 20.1. The van der Waals surface area contributed by atoms with Crippen molar-refractivity contribution in [3.63, 3.8) is 0 Å². The Bertz CT molecular complexity index is 448. The van der Waals surface area contributed by atoms with Gasteiger partial charge in [-0.15, -0.1) is 0 Å². The molecule has 1 aromatic rings. The molecule has 7 nitrogen and oxygen atoms in total. The quantitative estimate of drug-likeness (QED) is 0.652. The van der Waals surface area contributed by atoms with Gasteiger partial charge in [0.2, 0.25) is 5.13 Å². The molecular formula is C8H10N4O3S2. The molecule has 1 N–H and O–H groups in total. The Morgan fingerprint density at radius 1 is 1.71 bits per heavy atom. The molecule has 0 aromatic carbocycles. The topological polar surface area (TPSA) is 91.9 Å². The van der Waals surface area contributed by atoms with Crippen molar-refractivity contribution in [1.82, 2.24) is 9.88 Å². The highest BCUT2D eigenvalue weighted by atomic mass is 32.2. The number of thiazole rings is 1. The minimum atomic E-state index is -0.478. The van der Waals surface area contributed by atoms with Crippen LogP contribution < -0.4 is 0 Å². The van der Waals surface area contributed by atoms with Gasteiger partial charge >= 0.3 is 5.00 Å². The van der Waals surface area contributed by atoms with Gasteiger partial charge in [-0.05, 0) is 11.3 Å². The molecule has 1 aliphatic heterocycles. The number of rotatable bonds is 4. The largest absolute Gasteiger partial charge is 0.395 e. The third kappa shape index (κ3) is 2.93. The first-order valence-electron chi connectivity index (χ1n) is 4.88. The molecule has 1 aromatic heterocycles. The van der Waals surface area contributed by atoms with Crippen LogP contribution in [0.15, 0.2) is 11.2 Å². The van der Waals surface area contributed by atoms with E-state index >= 15 is 0 Å². The van der Waals surface area contributed by atoms with E-state index < -0.39 is 4.92 Å². The van der Waals surface area contributed by atoms with E-state index in [0.717, 1.165) is 28.8 Å². The van der Waals surface area contributed by atoms with Gasteiger partial charge < -0.3 is 10.0 Å². The van der Waals surface area contributed by atoms with Crippen molar-refractivity contribution in [3.8, 4) is 0 Å². The predicted molar refractivity (Wildman–Crippen MR) is 67.0 cm³/mol. The molecule has 1 aliphatic rings. The molecule has 17 heavy (non-hydrogen) atoms. The number of thioether (sulfide) groups is 1. The smallest absolute Gasteiger partial charge is 0.345 e. The van der Waals surface area contributed by atoms with Crippen LogP contribution in [-0.4, -0.2) is 50.5 Å². The summed E-state index contributed by atoms with van der Waals surface area (Å²) in [6.07, 6.45) is 1.21. The molecule has 2 rings (SSSR count). The fraction of sp³-hybridized carbons (Fsp3) is 0.500. The first kappa shape index (κ1) is 12.3. The highest BCUT2D eigenvalue weighted by molar-refractivity contribution is 8.14. The van der Waals surface area contributed by atoms with Crippen molar-refractivity contribution in [1.29, 1.82) is 0 Å². The van der Waals surface area contributed by atoms with Gasteiger partial charge in [-0.25, -0.2) is 4.98 Å². The normalized spacial score (nSPS) is 17.9. The molecule has 0 saturated carbocycles. The van der Waals surface area contributed by atoms with Crippen LogP contribution in [0.5, 0.6) is 0 Å². The second-order valence-electron chi connectivity index (χ2n) is 3.19. The molecule has 0 radical (unpaired) electrons. The lowest BCUT2D eigenvalue weighted by Crippen LogP contribution is -2.27. The Kier molecular flexibility index (Phi) is 3.92. The molecule has 0 spiro atoms. The second kappa shape index (κ2) is 5.43. The van der Waals surface area contributed by atoms with E-state index in [0.29, 0.717) is 11.7 Å². The number of nitro groups is 1. The molecule has 0 unspecified atom stereocenters. The molecule has 92 valence electrons. The highest BCUT2D eigenvalue weighted by Gasteiger charge is 2.20. The maximum Gasteiger partial charge on any atom is 0.345 e. The van der Waals surface area contributed by atoms with Crippen LogP contribution in [-0.2, 0) is 0 Å². The molecule has 1 fully saturated rings. The summed E-state index contributed by atoms with van der Waals surface area (Å²) in [5.41, 5.74) is 0. The summed E-state index contributed by atoms with van der Waals surface area (Å²) in [6.45, 7) is 1.43. The fourth-order valence-electron chi connectivity index (χ4n) is 1.34. The molecule has 1 saturated heterocycles. The van der Waals surface area contributed by atoms with E-state index in [9.17, 15) is 10.1 Å². The van der Waals surface area contributed by atoms with Crippen molar-refractivity contribution in [2.75, 3.05) is 25.4 Å². The summed E-state index contributed by atoms with van der Waals surface area (Å²) >= 11 is 2.51. The summed E-state index contributed by atoms with van der Waals surface area (Å²) < 4.78 is 0. The predicted octanol–water partition coefficient (Wildman–Crippen LogP) is 1.08. The lowest BCUT2D eigenvalue weighted by Gasteiger charge is -2.14. The third-order valence-electron chi connectivity index (χ3n) is 2.09. The van der Waals surface area contributed by atoms with Crippen molar-refractivity contribution in [2.45, 2.75) is 0 Å². The Hall–Kier alpha value is -1.19. The minimum absolute atomic E-state index is 0.0129. The van der Waals surface area contributed by atoms with Crippen LogP contribution >= 0.6 is 23.1 Å². The van der Waals surface area contributed by atoms with Crippen molar-refractivity contribution < 1.29 is 10.0 Å². The average molecular weight is 274 g/mol. The highest BCUT2D eigenvalue weighted by Crippen LogP contribution is 2.29. The number of aliphatic hydroxyl groups excluding tert-OH is 1. The lowest BCUT2D eigenvalue weighted by atomic mass is 10.5. The molecule has 2 heterocycles. The van der Waals surface area contributed by atoms with Crippen molar-refractivity contribution in [3.05, 3.63) is 16.3 Å². The van der Waals surface area contributed by atoms with E-state index in [2.05, 4.69) is 9.98 Å². The van der Waals surface area contributed by atoms with E-state index in [1.807, 2.05) is 4.90 Å². The van der Waals surface area contributed by atoms with E-state index in [1.54, 1.807) is 11.8 Å². The van der Waals surface area contributed by atoms with Crippen LogP contribution in [0.4, 0.5) is 10.1 Å². The number of β-amino-alcohol motifs (C(OH)–C–C–N with tert-alkyl or cyclic N) is 1. The Labute approximate surface area is 105 Å². The molecule has 0 bridgehead atoms. The summed E-state index contributed by atoms with van der Waals surface area (Å²) in [6, 6.07) is 0. The Morgan fingerprint density at radius 2 is 2.53 bits per heavy atom. The van der Waals surface area contributed by atoms with E-state index in [-0.39, 0.29) is 11.6 Å². The SMILES string of the molecule is O=[N+]([O-])c1cnc(/N=C2/SCCN2CCO)s1. The average Bonchev–Trinajstić information content (AvgIpc) is 2.90. The van der Waals surface area contributed by atoms with Gasteiger partial charge in [0, 0.05) is 18.8 Å². The number of amidine groups is 1. The third-order valence-corrected chi connectivity index (χ3v) is 3.92. The van der Waals surface area contributed by atoms with E-state index in [4.69, 9.17) is 5.11 Å².